The van der Waals surface area contributed by atoms with Crippen molar-refractivity contribution >= 4 is 22.6 Å². The molecule has 1 aliphatic rings. The van der Waals surface area contributed by atoms with Gasteiger partial charge in [0.25, 0.3) is 0 Å². The van der Waals surface area contributed by atoms with Crippen molar-refractivity contribution in [3.63, 3.8) is 0 Å². The number of fused-ring (bicyclic) bond motifs is 1. The van der Waals surface area contributed by atoms with Crippen LogP contribution < -0.4 is 14.4 Å². The van der Waals surface area contributed by atoms with Crippen LogP contribution in [0.25, 0.3) is 11.0 Å². The molecule has 0 bridgehead atoms. The summed E-state index contributed by atoms with van der Waals surface area (Å²) in [6.45, 7) is 6.43. The molecule has 2 heterocycles. The van der Waals surface area contributed by atoms with Crippen molar-refractivity contribution in [2.75, 3.05) is 24.7 Å². The molecule has 0 spiro atoms. The molecule has 34 heavy (non-hydrogen) atoms. The SMILES string of the molecule is CCOc1ccc(N2CC(c3nc4ccccc4n3CCOc3ccccc3C)CC2=O)cc1. The first-order valence-electron chi connectivity index (χ1n) is 11.8. The van der Waals surface area contributed by atoms with Crippen LogP contribution in [-0.2, 0) is 11.3 Å². The lowest BCUT2D eigenvalue weighted by Gasteiger charge is -2.18. The summed E-state index contributed by atoms with van der Waals surface area (Å²) in [7, 11) is 0. The Morgan fingerprint density at radius 1 is 0.971 bits per heavy atom. The number of imidazole rings is 1. The summed E-state index contributed by atoms with van der Waals surface area (Å²) in [4.78, 5) is 19.8. The maximum atomic E-state index is 13.0. The maximum absolute atomic E-state index is 13.0. The van der Waals surface area contributed by atoms with Gasteiger partial charge in [-0.1, -0.05) is 30.3 Å². The number of hydrogen-bond acceptors (Lipinski definition) is 4. The lowest BCUT2D eigenvalue weighted by Crippen LogP contribution is -2.24. The lowest BCUT2D eigenvalue weighted by molar-refractivity contribution is -0.117. The second-order valence-electron chi connectivity index (χ2n) is 8.56. The number of anilines is 1. The number of rotatable bonds is 8. The molecule has 6 nitrogen and oxygen atoms in total. The molecular formula is C28H29N3O3. The normalized spacial score (nSPS) is 15.8. The summed E-state index contributed by atoms with van der Waals surface area (Å²) in [5.41, 5.74) is 4.02. The van der Waals surface area contributed by atoms with E-state index in [-0.39, 0.29) is 11.8 Å². The minimum Gasteiger partial charge on any atom is -0.494 e. The number of benzene rings is 3. The molecular weight excluding hydrogens is 426 g/mol. The number of para-hydroxylation sites is 3. The van der Waals surface area contributed by atoms with Gasteiger partial charge in [0, 0.05) is 24.6 Å². The van der Waals surface area contributed by atoms with Crippen molar-refractivity contribution in [2.24, 2.45) is 0 Å². The van der Waals surface area contributed by atoms with Crippen molar-refractivity contribution in [3.05, 3.63) is 84.2 Å². The fourth-order valence-electron chi connectivity index (χ4n) is 4.63. The summed E-state index contributed by atoms with van der Waals surface area (Å²) < 4.78 is 13.8. The highest BCUT2D eigenvalue weighted by Gasteiger charge is 2.34. The third kappa shape index (κ3) is 4.36. The predicted molar refractivity (Wildman–Crippen MR) is 134 cm³/mol. The Labute approximate surface area is 199 Å². The zero-order chi connectivity index (χ0) is 23.5. The average Bonchev–Trinajstić information content (AvgIpc) is 3.42. The van der Waals surface area contributed by atoms with Gasteiger partial charge < -0.3 is 18.9 Å². The minimum absolute atomic E-state index is 0.0185. The smallest absolute Gasteiger partial charge is 0.227 e. The number of carbonyl (C=O) groups excluding carboxylic acids is 1. The molecule has 1 unspecified atom stereocenters. The van der Waals surface area contributed by atoms with Gasteiger partial charge >= 0.3 is 0 Å². The molecule has 3 aromatic carbocycles. The van der Waals surface area contributed by atoms with Crippen LogP contribution in [0.5, 0.6) is 11.5 Å². The zero-order valence-electron chi connectivity index (χ0n) is 19.6. The van der Waals surface area contributed by atoms with E-state index in [9.17, 15) is 4.79 Å². The molecule has 0 aliphatic carbocycles. The second kappa shape index (κ2) is 9.59. The summed E-state index contributed by atoms with van der Waals surface area (Å²) in [5, 5.41) is 0. The van der Waals surface area contributed by atoms with Gasteiger partial charge in [0.15, 0.2) is 0 Å². The van der Waals surface area contributed by atoms with Gasteiger partial charge in [-0.3, -0.25) is 4.79 Å². The van der Waals surface area contributed by atoms with Crippen molar-refractivity contribution in [3.8, 4) is 11.5 Å². The zero-order valence-corrected chi connectivity index (χ0v) is 19.6. The molecule has 1 amide bonds. The van der Waals surface area contributed by atoms with E-state index in [2.05, 4.69) is 10.6 Å². The number of nitrogens with zero attached hydrogens (tertiary/aromatic N) is 3. The van der Waals surface area contributed by atoms with Crippen LogP contribution in [0.1, 0.15) is 30.7 Å². The Balaban J connectivity index is 1.37. The summed E-state index contributed by atoms with van der Waals surface area (Å²) in [6, 6.07) is 23.9. The van der Waals surface area contributed by atoms with Gasteiger partial charge in [0.05, 0.1) is 24.2 Å². The van der Waals surface area contributed by atoms with Crippen LogP contribution in [0.2, 0.25) is 0 Å². The van der Waals surface area contributed by atoms with E-state index < -0.39 is 0 Å². The van der Waals surface area contributed by atoms with E-state index in [0.717, 1.165) is 39.6 Å². The molecule has 0 radical (unpaired) electrons. The number of aromatic nitrogens is 2. The molecule has 174 valence electrons. The Morgan fingerprint density at radius 2 is 1.74 bits per heavy atom. The molecule has 0 saturated carbocycles. The monoisotopic (exact) mass is 455 g/mol. The minimum atomic E-state index is 0.0185. The topological polar surface area (TPSA) is 56.6 Å². The van der Waals surface area contributed by atoms with Gasteiger partial charge in [-0.2, -0.15) is 0 Å². The average molecular weight is 456 g/mol. The molecule has 1 aromatic heterocycles. The van der Waals surface area contributed by atoms with Gasteiger partial charge in [-0.05, 0) is 61.9 Å². The molecule has 1 atom stereocenters. The van der Waals surface area contributed by atoms with Crippen LogP contribution >= 0.6 is 0 Å². The molecule has 6 heteroatoms. The number of hydrogen-bond donors (Lipinski definition) is 0. The molecule has 1 saturated heterocycles. The van der Waals surface area contributed by atoms with Crippen molar-refractivity contribution < 1.29 is 14.3 Å². The Morgan fingerprint density at radius 3 is 2.53 bits per heavy atom. The van der Waals surface area contributed by atoms with E-state index in [1.54, 1.807) is 0 Å². The van der Waals surface area contributed by atoms with Gasteiger partial charge in [0.1, 0.15) is 23.9 Å². The fraction of sp³-hybridized carbons (Fsp3) is 0.286. The first kappa shape index (κ1) is 22.0. The molecule has 4 aromatic rings. The van der Waals surface area contributed by atoms with E-state index in [4.69, 9.17) is 14.5 Å². The molecule has 0 N–H and O–H groups in total. The highest BCUT2D eigenvalue weighted by Crippen LogP contribution is 2.34. The standard InChI is InChI=1S/C28H29N3O3/c1-3-33-23-14-12-22(13-15-23)31-19-21(18-27(31)32)28-29-24-9-5-6-10-25(24)30(28)16-17-34-26-11-7-4-8-20(26)2/h4-15,21H,3,16-19H2,1-2H3. The Kier molecular flexibility index (Phi) is 6.21. The van der Waals surface area contributed by atoms with Crippen molar-refractivity contribution in [2.45, 2.75) is 32.7 Å². The van der Waals surface area contributed by atoms with E-state index in [1.165, 1.54) is 0 Å². The van der Waals surface area contributed by atoms with E-state index in [1.807, 2.05) is 85.5 Å². The van der Waals surface area contributed by atoms with Gasteiger partial charge in [-0.15, -0.1) is 0 Å². The third-order valence-corrected chi connectivity index (χ3v) is 6.30. The second-order valence-corrected chi connectivity index (χ2v) is 8.56. The quantitative estimate of drug-likeness (QED) is 0.360. The third-order valence-electron chi connectivity index (χ3n) is 6.30. The molecule has 1 fully saturated rings. The van der Waals surface area contributed by atoms with Gasteiger partial charge in [-0.25, -0.2) is 4.98 Å². The van der Waals surface area contributed by atoms with Crippen LogP contribution in [0, 0.1) is 6.92 Å². The summed E-state index contributed by atoms with van der Waals surface area (Å²) in [6.07, 6.45) is 0.440. The van der Waals surface area contributed by atoms with Crippen LogP contribution in [0.15, 0.2) is 72.8 Å². The molecule has 1 aliphatic heterocycles. The predicted octanol–water partition coefficient (Wildman–Crippen LogP) is 5.34. The Hall–Kier alpha value is -3.80. The van der Waals surface area contributed by atoms with Crippen molar-refractivity contribution in [1.29, 1.82) is 0 Å². The van der Waals surface area contributed by atoms with E-state index in [0.29, 0.717) is 32.7 Å². The lowest BCUT2D eigenvalue weighted by atomic mass is 10.1. The number of carbonyl (C=O) groups is 1. The fourth-order valence-corrected chi connectivity index (χ4v) is 4.63. The number of ether oxygens (including phenoxy) is 2. The van der Waals surface area contributed by atoms with Crippen LogP contribution in [0.3, 0.4) is 0 Å². The Bertz CT molecular complexity index is 1300. The highest BCUT2D eigenvalue weighted by molar-refractivity contribution is 5.96. The van der Waals surface area contributed by atoms with Gasteiger partial charge in [0.2, 0.25) is 5.91 Å². The van der Waals surface area contributed by atoms with Crippen LogP contribution in [0.4, 0.5) is 5.69 Å². The van der Waals surface area contributed by atoms with Crippen molar-refractivity contribution in [1.82, 2.24) is 9.55 Å². The summed E-state index contributed by atoms with van der Waals surface area (Å²) >= 11 is 0. The molecule has 5 rings (SSSR count). The number of aryl methyl sites for hydroxylation is 1. The first-order chi connectivity index (χ1) is 16.6. The highest BCUT2D eigenvalue weighted by atomic mass is 16.5. The first-order valence-corrected chi connectivity index (χ1v) is 11.8. The van der Waals surface area contributed by atoms with E-state index >= 15 is 0 Å². The van der Waals surface area contributed by atoms with Crippen LogP contribution in [-0.4, -0.2) is 35.2 Å². The maximum Gasteiger partial charge on any atom is 0.227 e. The summed E-state index contributed by atoms with van der Waals surface area (Å²) in [5.74, 6) is 2.78. The number of amides is 1. The largest absolute Gasteiger partial charge is 0.494 e.